The van der Waals surface area contributed by atoms with Gasteiger partial charge in [-0.25, -0.2) is 0 Å². The van der Waals surface area contributed by atoms with Gasteiger partial charge in [-0.1, -0.05) is 24.3 Å². The highest BCUT2D eigenvalue weighted by atomic mass is 16.5. The lowest BCUT2D eigenvalue weighted by atomic mass is 9.87. The molecular weight excluding hydrogens is 496 g/mol. The molecule has 3 aromatic rings. The van der Waals surface area contributed by atoms with E-state index in [1.807, 2.05) is 26.0 Å². The number of ether oxygens (including phenoxy) is 3. The summed E-state index contributed by atoms with van der Waals surface area (Å²) in [6.07, 6.45) is 2.77. The van der Waals surface area contributed by atoms with Crippen molar-refractivity contribution < 1.29 is 29.2 Å². The Labute approximate surface area is 229 Å². The van der Waals surface area contributed by atoms with Crippen molar-refractivity contribution in [1.29, 1.82) is 0 Å². The smallest absolute Gasteiger partial charge is 0.316 e. The highest BCUT2D eigenvalue weighted by Crippen LogP contribution is 2.64. The molecule has 0 saturated heterocycles. The predicted molar refractivity (Wildman–Crippen MR) is 146 cm³/mol. The molecule has 0 aliphatic heterocycles. The van der Waals surface area contributed by atoms with Crippen LogP contribution in [-0.4, -0.2) is 52.6 Å². The second kappa shape index (κ2) is 10.9. The van der Waals surface area contributed by atoms with Crippen LogP contribution < -0.4 is 9.47 Å². The SMILES string of the molecule is COC(=O)CC1c2ccc(OCc3cccc(-c4c(C)nc(OC[C@@H](O)CO)nc4C)c3C)cc2CC12CC2. The summed E-state index contributed by atoms with van der Waals surface area (Å²) in [7, 11) is 1.46. The average Bonchev–Trinajstić information content (AvgIpc) is 3.63. The van der Waals surface area contributed by atoms with Crippen molar-refractivity contribution in [2.45, 2.75) is 65.1 Å². The number of nitrogens with zero attached hydrogens (tertiary/aromatic N) is 2. The summed E-state index contributed by atoms with van der Waals surface area (Å²) in [6, 6.07) is 12.6. The minimum absolute atomic E-state index is 0.0732. The van der Waals surface area contributed by atoms with E-state index in [0.29, 0.717) is 13.0 Å². The maximum absolute atomic E-state index is 12.0. The Hall–Kier alpha value is -3.49. The standard InChI is InChI=1S/C31H36N2O6/c1-18-21(6-5-7-25(18)29-19(2)32-30(33-20(29)3)39-17-23(35)15-34)16-38-24-8-9-26-22(12-24)14-31(10-11-31)27(26)13-28(36)37-4/h5-9,12,23,27,34-35H,10-11,13-17H2,1-4H3/t23-,27?/m0/s1. The van der Waals surface area contributed by atoms with Crippen LogP contribution in [0.5, 0.6) is 11.8 Å². The molecule has 2 N–H and O–H groups in total. The zero-order chi connectivity index (χ0) is 27.7. The quantitative estimate of drug-likeness (QED) is 0.371. The normalized spacial score (nSPS) is 17.5. The molecular formula is C31H36N2O6. The third-order valence-electron chi connectivity index (χ3n) is 8.24. The first-order valence-electron chi connectivity index (χ1n) is 13.4. The Bertz CT molecular complexity index is 1360. The maximum atomic E-state index is 12.0. The minimum Gasteiger partial charge on any atom is -0.489 e. The predicted octanol–water partition coefficient (Wildman–Crippen LogP) is 4.36. The molecule has 2 aliphatic rings. The lowest BCUT2D eigenvalue weighted by Gasteiger charge is -2.18. The van der Waals surface area contributed by atoms with Gasteiger partial charge in [0.1, 0.15) is 25.1 Å². The van der Waals surface area contributed by atoms with E-state index in [1.54, 1.807) is 0 Å². The average molecular weight is 533 g/mol. The number of aliphatic hydroxyl groups is 2. The number of esters is 1. The molecule has 0 bridgehead atoms. The van der Waals surface area contributed by atoms with Crippen LogP contribution in [-0.2, 0) is 22.6 Å². The fourth-order valence-electron chi connectivity index (χ4n) is 5.89. The van der Waals surface area contributed by atoms with Gasteiger partial charge in [0.15, 0.2) is 0 Å². The van der Waals surface area contributed by atoms with Crippen molar-refractivity contribution in [2.75, 3.05) is 20.3 Å². The van der Waals surface area contributed by atoms with Gasteiger partial charge in [-0.05, 0) is 85.4 Å². The molecule has 5 rings (SSSR count). The van der Waals surface area contributed by atoms with Crippen molar-refractivity contribution in [2.24, 2.45) is 5.41 Å². The van der Waals surface area contributed by atoms with Gasteiger partial charge in [0.05, 0.1) is 31.5 Å². The fourth-order valence-corrected chi connectivity index (χ4v) is 5.89. The lowest BCUT2D eigenvalue weighted by Crippen LogP contribution is -2.22. The van der Waals surface area contributed by atoms with E-state index < -0.39 is 6.10 Å². The van der Waals surface area contributed by atoms with Gasteiger partial charge < -0.3 is 24.4 Å². The van der Waals surface area contributed by atoms with Gasteiger partial charge in [0, 0.05) is 11.5 Å². The first kappa shape index (κ1) is 27.1. The van der Waals surface area contributed by atoms with E-state index in [2.05, 4.69) is 41.2 Å². The number of fused-ring (bicyclic) bond motifs is 1. The molecule has 2 aliphatic carbocycles. The summed E-state index contributed by atoms with van der Waals surface area (Å²) < 4.78 is 16.7. The Morgan fingerprint density at radius 3 is 2.51 bits per heavy atom. The van der Waals surface area contributed by atoms with Crippen molar-refractivity contribution in [3.63, 3.8) is 0 Å². The van der Waals surface area contributed by atoms with Crippen molar-refractivity contribution in [3.8, 4) is 22.9 Å². The monoisotopic (exact) mass is 532 g/mol. The second-order valence-electron chi connectivity index (χ2n) is 10.8. The van der Waals surface area contributed by atoms with Gasteiger partial charge >= 0.3 is 12.0 Å². The number of benzene rings is 2. The van der Waals surface area contributed by atoms with E-state index in [-0.39, 0.29) is 36.5 Å². The summed E-state index contributed by atoms with van der Waals surface area (Å²) >= 11 is 0. The van der Waals surface area contributed by atoms with Crippen LogP contribution in [0.3, 0.4) is 0 Å². The van der Waals surface area contributed by atoms with E-state index in [4.69, 9.17) is 19.3 Å². The number of carbonyl (C=O) groups is 1. The van der Waals surface area contributed by atoms with Crippen LogP contribution in [0, 0.1) is 26.2 Å². The lowest BCUT2D eigenvalue weighted by molar-refractivity contribution is -0.141. The molecule has 2 atom stereocenters. The largest absolute Gasteiger partial charge is 0.489 e. The third kappa shape index (κ3) is 5.49. The number of carbonyl (C=O) groups excluding carboxylic acids is 1. The topological polar surface area (TPSA) is 111 Å². The van der Waals surface area contributed by atoms with Crippen LogP contribution in [0.25, 0.3) is 11.1 Å². The molecule has 1 spiro atoms. The van der Waals surface area contributed by atoms with Gasteiger partial charge in [0.25, 0.3) is 0 Å². The first-order chi connectivity index (χ1) is 18.7. The third-order valence-corrected chi connectivity index (χ3v) is 8.24. The number of rotatable bonds is 10. The molecule has 8 nitrogen and oxygen atoms in total. The molecule has 1 unspecified atom stereocenters. The van der Waals surface area contributed by atoms with E-state index in [0.717, 1.165) is 58.7 Å². The first-order valence-corrected chi connectivity index (χ1v) is 13.4. The van der Waals surface area contributed by atoms with Gasteiger partial charge in [-0.15, -0.1) is 0 Å². The highest BCUT2D eigenvalue weighted by molar-refractivity contribution is 5.73. The Morgan fingerprint density at radius 2 is 1.85 bits per heavy atom. The van der Waals surface area contributed by atoms with Gasteiger partial charge in [0.2, 0.25) is 0 Å². The van der Waals surface area contributed by atoms with Crippen LogP contribution in [0.15, 0.2) is 36.4 Å². The minimum atomic E-state index is -0.977. The molecule has 1 fully saturated rings. The summed E-state index contributed by atoms with van der Waals surface area (Å²) in [5, 5.41) is 18.6. The molecule has 2 aromatic carbocycles. The van der Waals surface area contributed by atoms with Crippen LogP contribution in [0.2, 0.25) is 0 Å². The van der Waals surface area contributed by atoms with Crippen LogP contribution in [0.4, 0.5) is 0 Å². The fraction of sp³-hybridized carbons (Fsp3) is 0.452. The van der Waals surface area contributed by atoms with Gasteiger partial charge in [-0.3, -0.25) is 4.79 Å². The zero-order valence-electron chi connectivity index (χ0n) is 23.0. The molecule has 206 valence electrons. The number of aromatic nitrogens is 2. The van der Waals surface area contributed by atoms with E-state index in [9.17, 15) is 9.90 Å². The van der Waals surface area contributed by atoms with Crippen molar-refractivity contribution in [3.05, 3.63) is 70.0 Å². The number of hydrogen-bond donors (Lipinski definition) is 2. The highest BCUT2D eigenvalue weighted by Gasteiger charge is 2.54. The molecule has 39 heavy (non-hydrogen) atoms. The van der Waals surface area contributed by atoms with Crippen molar-refractivity contribution in [1.82, 2.24) is 9.97 Å². The second-order valence-corrected chi connectivity index (χ2v) is 10.8. The van der Waals surface area contributed by atoms with E-state index >= 15 is 0 Å². The number of aliphatic hydroxyl groups excluding tert-OH is 2. The summed E-state index contributed by atoms with van der Waals surface area (Å²) in [5.74, 6) is 0.918. The number of hydrogen-bond acceptors (Lipinski definition) is 8. The van der Waals surface area contributed by atoms with Gasteiger partial charge in [-0.2, -0.15) is 9.97 Å². The van der Waals surface area contributed by atoms with E-state index in [1.165, 1.54) is 18.2 Å². The summed E-state index contributed by atoms with van der Waals surface area (Å²) in [4.78, 5) is 21.0. The van der Waals surface area contributed by atoms with Crippen LogP contribution in [0.1, 0.15) is 58.8 Å². The zero-order valence-corrected chi connectivity index (χ0v) is 23.0. The molecule has 1 heterocycles. The molecule has 8 heteroatoms. The number of aryl methyl sites for hydroxylation is 2. The molecule has 1 saturated carbocycles. The molecule has 1 aromatic heterocycles. The molecule has 0 amide bonds. The Morgan fingerprint density at radius 1 is 1.10 bits per heavy atom. The Balaban J connectivity index is 1.32. The van der Waals surface area contributed by atoms with Crippen LogP contribution >= 0.6 is 0 Å². The van der Waals surface area contributed by atoms with Crippen molar-refractivity contribution >= 4 is 5.97 Å². The molecule has 0 radical (unpaired) electrons. The number of methoxy groups -OCH3 is 1. The Kier molecular flexibility index (Phi) is 7.60. The maximum Gasteiger partial charge on any atom is 0.316 e. The summed E-state index contributed by atoms with van der Waals surface area (Å²) in [6.45, 7) is 5.86. The summed E-state index contributed by atoms with van der Waals surface area (Å²) in [5.41, 5.74) is 8.42.